The summed E-state index contributed by atoms with van der Waals surface area (Å²) in [5, 5.41) is 8.98. The number of hydrogen-bond acceptors (Lipinski definition) is 1. The quantitative estimate of drug-likeness (QED) is 0.865. The lowest BCUT2D eigenvalue weighted by molar-refractivity contribution is -0.139. The number of carbonyl (C=O) groups is 1. The molecule has 0 aliphatic carbocycles. The first-order chi connectivity index (χ1) is 7.36. The number of hydrogen-bond donors (Lipinski definition) is 1. The number of carboxylic acid groups (broad SMARTS) is 1. The third kappa shape index (κ3) is 2.40. The maximum absolute atomic E-state index is 13.6. The Bertz CT molecular complexity index is 419. The van der Waals surface area contributed by atoms with Gasteiger partial charge in [0.1, 0.15) is 0 Å². The molecule has 1 N–H and O–H groups in total. The van der Waals surface area contributed by atoms with Crippen LogP contribution in [-0.4, -0.2) is 11.1 Å². The number of carboxylic acids is 1. The molecule has 1 aromatic carbocycles. The minimum Gasteiger partial charge on any atom is -0.481 e. The second-order valence-electron chi connectivity index (χ2n) is 3.82. The van der Waals surface area contributed by atoms with Crippen LogP contribution in [0.4, 0.5) is 8.78 Å². The first kappa shape index (κ1) is 13.1. The monoisotopic (exact) mass is 292 g/mol. The molecule has 0 radical (unpaired) electrons. The van der Waals surface area contributed by atoms with E-state index in [9.17, 15) is 13.6 Å². The minimum atomic E-state index is -1.16. The van der Waals surface area contributed by atoms with Crippen molar-refractivity contribution in [1.29, 1.82) is 0 Å². The van der Waals surface area contributed by atoms with E-state index < -0.39 is 23.5 Å². The van der Waals surface area contributed by atoms with Crippen molar-refractivity contribution >= 4 is 21.9 Å². The van der Waals surface area contributed by atoms with Crippen LogP contribution in [0, 0.1) is 17.6 Å². The summed E-state index contributed by atoms with van der Waals surface area (Å²) < 4.78 is 26.8. The lowest BCUT2D eigenvalue weighted by Gasteiger charge is -2.17. The fourth-order valence-electron chi connectivity index (χ4n) is 1.56. The van der Waals surface area contributed by atoms with Gasteiger partial charge in [0.25, 0.3) is 0 Å². The molecule has 1 aromatic rings. The van der Waals surface area contributed by atoms with E-state index in [2.05, 4.69) is 15.9 Å². The third-order valence-electron chi connectivity index (χ3n) is 2.33. The maximum atomic E-state index is 13.6. The Kier molecular flexibility index (Phi) is 4.02. The fourth-order valence-corrected chi connectivity index (χ4v) is 1.86. The summed E-state index contributed by atoms with van der Waals surface area (Å²) in [6.45, 7) is 3.30. The van der Waals surface area contributed by atoms with Crippen LogP contribution in [0.3, 0.4) is 0 Å². The van der Waals surface area contributed by atoms with Gasteiger partial charge in [-0.15, -0.1) is 0 Å². The summed E-state index contributed by atoms with van der Waals surface area (Å²) in [7, 11) is 0. The molecule has 2 nitrogen and oxygen atoms in total. The average Bonchev–Trinajstić information content (AvgIpc) is 2.17. The Hall–Kier alpha value is -0.970. The van der Waals surface area contributed by atoms with Crippen LogP contribution < -0.4 is 0 Å². The summed E-state index contributed by atoms with van der Waals surface area (Å²) in [6.07, 6.45) is 0. The summed E-state index contributed by atoms with van der Waals surface area (Å²) in [4.78, 5) is 11.0. The van der Waals surface area contributed by atoms with E-state index in [1.54, 1.807) is 13.8 Å². The van der Waals surface area contributed by atoms with Gasteiger partial charge in [0.2, 0.25) is 0 Å². The average molecular weight is 293 g/mol. The zero-order valence-corrected chi connectivity index (χ0v) is 10.4. The van der Waals surface area contributed by atoms with Crippen LogP contribution in [-0.2, 0) is 4.79 Å². The molecule has 1 rings (SSSR count). The molecule has 0 spiro atoms. The Morgan fingerprint density at radius 3 is 2.31 bits per heavy atom. The molecule has 0 saturated carbocycles. The van der Waals surface area contributed by atoms with Gasteiger partial charge >= 0.3 is 5.97 Å². The van der Waals surface area contributed by atoms with Crippen molar-refractivity contribution < 1.29 is 18.7 Å². The SMILES string of the molecule is CC(C)C(C(=O)O)c1ccc(Br)c(F)c1F. The van der Waals surface area contributed by atoms with Gasteiger partial charge in [-0.05, 0) is 27.9 Å². The Morgan fingerprint density at radius 1 is 1.31 bits per heavy atom. The number of halogens is 3. The largest absolute Gasteiger partial charge is 0.481 e. The number of benzene rings is 1. The van der Waals surface area contributed by atoms with Crippen molar-refractivity contribution in [3.63, 3.8) is 0 Å². The smallest absolute Gasteiger partial charge is 0.311 e. The lowest BCUT2D eigenvalue weighted by atomic mass is 9.88. The van der Waals surface area contributed by atoms with Crippen molar-refractivity contribution in [2.75, 3.05) is 0 Å². The first-order valence-electron chi connectivity index (χ1n) is 4.72. The molecule has 16 heavy (non-hydrogen) atoms. The highest BCUT2D eigenvalue weighted by atomic mass is 79.9. The van der Waals surface area contributed by atoms with Gasteiger partial charge in [-0.1, -0.05) is 19.9 Å². The molecule has 0 aliphatic heterocycles. The van der Waals surface area contributed by atoms with Crippen LogP contribution in [0.25, 0.3) is 0 Å². The highest BCUT2D eigenvalue weighted by molar-refractivity contribution is 9.10. The standard InChI is InChI=1S/C11H11BrF2O2/c1-5(2)8(11(15)16)6-3-4-7(12)10(14)9(6)13/h3-5,8H,1-2H3,(H,15,16). The zero-order valence-electron chi connectivity index (χ0n) is 8.80. The van der Waals surface area contributed by atoms with E-state index >= 15 is 0 Å². The van der Waals surface area contributed by atoms with Crippen molar-refractivity contribution in [3.05, 3.63) is 33.8 Å². The molecule has 88 valence electrons. The number of aliphatic carboxylic acids is 1. The van der Waals surface area contributed by atoms with Gasteiger partial charge in [0.05, 0.1) is 10.4 Å². The highest BCUT2D eigenvalue weighted by Gasteiger charge is 2.28. The fraction of sp³-hybridized carbons (Fsp3) is 0.364. The summed E-state index contributed by atoms with van der Waals surface area (Å²) in [5.41, 5.74) is -0.122. The third-order valence-corrected chi connectivity index (χ3v) is 2.95. The predicted octanol–water partition coefficient (Wildman–Crippen LogP) is 3.55. The van der Waals surface area contributed by atoms with Crippen LogP contribution in [0.1, 0.15) is 25.3 Å². The summed E-state index contributed by atoms with van der Waals surface area (Å²) >= 11 is 2.84. The van der Waals surface area contributed by atoms with Crippen LogP contribution in [0.5, 0.6) is 0 Å². The summed E-state index contributed by atoms with van der Waals surface area (Å²) in [5.74, 6) is -4.66. The van der Waals surface area contributed by atoms with Crippen molar-refractivity contribution in [2.24, 2.45) is 5.92 Å². The predicted molar refractivity (Wildman–Crippen MR) is 59.3 cm³/mol. The molecular formula is C11H11BrF2O2. The normalized spacial score (nSPS) is 12.9. The van der Waals surface area contributed by atoms with Crippen LogP contribution >= 0.6 is 15.9 Å². The molecule has 0 aliphatic rings. The van der Waals surface area contributed by atoms with Gasteiger partial charge in [-0.3, -0.25) is 4.79 Å². The molecule has 1 atom stereocenters. The molecule has 0 amide bonds. The molecule has 0 heterocycles. The molecule has 0 saturated heterocycles. The van der Waals surface area contributed by atoms with E-state index in [1.165, 1.54) is 12.1 Å². The Balaban J connectivity index is 3.31. The number of rotatable bonds is 3. The van der Waals surface area contributed by atoms with E-state index in [0.29, 0.717) is 0 Å². The van der Waals surface area contributed by atoms with Gasteiger partial charge in [0, 0.05) is 5.56 Å². The summed E-state index contributed by atoms with van der Waals surface area (Å²) in [6, 6.07) is 2.60. The lowest BCUT2D eigenvalue weighted by Crippen LogP contribution is -2.19. The van der Waals surface area contributed by atoms with E-state index in [1.807, 2.05) is 0 Å². The topological polar surface area (TPSA) is 37.3 Å². The van der Waals surface area contributed by atoms with E-state index in [0.717, 1.165) is 0 Å². The Labute approximate surface area is 100 Å². The molecule has 0 fully saturated rings. The maximum Gasteiger partial charge on any atom is 0.311 e. The van der Waals surface area contributed by atoms with E-state index in [-0.39, 0.29) is 16.0 Å². The van der Waals surface area contributed by atoms with Crippen LogP contribution in [0.2, 0.25) is 0 Å². The van der Waals surface area contributed by atoms with Gasteiger partial charge in [-0.2, -0.15) is 0 Å². The van der Waals surface area contributed by atoms with Crippen molar-refractivity contribution in [1.82, 2.24) is 0 Å². The Morgan fingerprint density at radius 2 is 1.88 bits per heavy atom. The molecule has 0 aromatic heterocycles. The second kappa shape index (κ2) is 4.91. The highest BCUT2D eigenvalue weighted by Crippen LogP contribution is 2.30. The zero-order chi connectivity index (χ0) is 12.5. The van der Waals surface area contributed by atoms with Gasteiger partial charge in [-0.25, -0.2) is 8.78 Å². The van der Waals surface area contributed by atoms with Gasteiger partial charge in [0.15, 0.2) is 11.6 Å². The molecular weight excluding hydrogens is 282 g/mol. The first-order valence-corrected chi connectivity index (χ1v) is 5.51. The van der Waals surface area contributed by atoms with Crippen molar-refractivity contribution in [2.45, 2.75) is 19.8 Å². The van der Waals surface area contributed by atoms with E-state index in [4.69, 9.17) is 5.11 Å². The molecule has 0 bridgehead atoms. The van der Waals surface area contributed by atoms with Gasteiger partial charge < -0.3 is 5.11 Å². The van der Waals surface area contributed by atoms with Crippen molar-refractivity contribution in [3.8, 4) is 0 Å². The van der Waals surface area contributed by atoms with Crippen LogP contribution in [0.15, 0.2) is 16.6 Å². The molecule has 1 unspecified atom stereocenters. The molecule has 5 heteroatoms. The minimum absolute atomic E-state index is 0.0124. The second-order valence-corrected chi connectivity index (χ2v) is 4.68.